The van der Waals surface area contributed by atoms with Crippen LogP contribution >= 0.6 is 0 Å². The third kappa shape index (κ3) is 3.08. The fourth-order valence-corrected chi connectivity index (χ4v) is 2.87. The van der Waals surface area contributed by atoms with E-state index in [9.17, 15) is 18.4 Å². The van der Waals surface area contributed by atoms with Gasteiger partial charge in [-0.2, -0.15) is 0 Å². The Morgan fingerprint density at radius 2 is 1.88 bits per heavy atom. The van der Waals surface area contributed by atoms with E-state index in [1.165, 1.54) is 42.5 Å². The first-order valence-corrected chi connectivity index (χ1v) is 8.28. The van der Waals surface area contributed by atoms with Gasteiger partial charge in [0.05, 0.1) is 11.8 Å². The van der Waals surface area contributed by atoms with Crippen molar-refractivity contribution in [3.63, 3.8) is 0 Å². The van der Waals surface area contributed by atoms with Crippen LogP contribution in [-0.2, 0) is 11.2 Å². The van der Waals surface area contributed by atoms with Crippen LogP contribution in [0.15, 0.2) is 47.3 Å². The number of rotatable bonds is 4. The normalized spacial score (nSPS) is 13.8. The van der Waals surface area contributed by atoms with Gasteiger partial charge in [-0.05, 0) is 42.7 Å². The smallest absolute Gasteiger partial charge is 0.273 e. The van der Waals surface area contributed by atoms with E-state index in [1.54, 1.807) is 0 Å². The van der Waals surface area contributed by atoms with Crippen LogP contribution in [0.5, 0.6) is 0 Å². The lowest BCUT2D eigenvalue weighted by Crippen LogP contribution is -2.37. The van der Waals surface area contributed by atoms with Crippen molar-refractivity contribution in [2.24, 2.45) is 0 Å². The third-order valence-corrected chi connectivity index (χ3v) is 4.33. The van der Waals surface area contributed by atoms with Crippen LogP contribution in [0.2, 0.25) is 0 Å². The van der Waals surface area contributed by atoms with Gasteiger partial charge in [-0.15, -0.1) is 0 Å². The lowest BCUT2D eigenvalue weighted by molar-refractivity contribution is -0.116. The van der Waals surface area contributed by atoms with Crippen LogP contribution in [0.4, 0.5) is 8.78 Å². The topological polar surface area (TPSA) is 64.0 Å². The summed E-state index contributed by atoms with van der Waals surface area (Å²) >= 11 is 0. The molecular weight excluding hydrogens is 340 g/mol. The maximum atomic E-state index is 14.0. The number of aromatic nitrogens is 2. The van der Waals surface area contributed by atoms with Crippen LogP contribution in [-0.4, -0.2) is 15.6 Å². The molecule has 4 rings (SSSR count). The van der Waals surface area contributed by atoms with Crippen LogP contribution in [0, 0.1) is 11.6 Å². The number of fused-ring (bicyclic) bond motifs is 1. The number of amides is 1. The second-order valence-corrected chi connectivity index (χ2v) is 6.36. The summed E-state index contributed by atoms with van der Waals surface area (Å²) in [6.07, 6.45) is 1.65. The van der Waals surface area contributed by atoms with E-state index in [1.807, 2.05) is 0 Å². The summed E-state index contributed by atoms with van der Waals surface area (Å²) < 4.78 is 28.1. The van der Waals surface area contributed by atoms with Gasteiger partial charge in [-0.3, -0.25) is 15.0 Å². The Balaban J connectivity index is 1.70. The molecule has 1 amide bonds. The first-order valence-electron chi connectivity index (χ1n) is 8.28. The zero-order valence-corrected chi connectivity index (χ0v) is 13.7. The number of benzene rings is 2. The lowest BCUT2D eigenvalue weighted by Gasteiger charge is -2.14. The molecule has 1 aliphatic rings. The predicted molar refractivity (Wildman–Crippen MR) is 92.4 cm³/mol. The zero-order chi connectivity index (χ0) is 18.3. The van der Waals surface area contributed by atoms with Gasteiger partial charge in [0.25, 0.3) is 5.56 Å². The van der Waals surface area contributed by atoms with E-state index in [0.29, 0.717) is 11.4 Å². The molecule has 0 unspecified atom stereocenters. The van der Waals surface area contributed by atoms with Gasteiger partial charge in [-0.25, -0.2) is 18.4 Å². The Hall–Kier alpha value is -3.09. The van der Waals surface area contributed by atoms with Gasteiger partial charge in [-0.1, -0.05) is 18.2 Å². The van der Waals surface area contributed by atoms with E-state index in [0.717, 1.165) is 17.5 Å². The van der Waals surface area contributed by atoms with Gasteiger partial charge in [0.1, 0.15) is 23.0 Å². The highest BCUT2D eigenvalue weighted by atomic mass is 19.1. The SMILES string of the molecule is O=C(Cc1ccc(F)cc1)Nn1c(C2CC2)nc2c(F)cccc2c1=O. The number of hydrogen-bond acceptors (Lipinski definition) is 3. The van der Waals surface area contributed by atoms with E-state index >= 15 is 0 Å². The van der Waals surface area contributed by atoms with Crippen LogP contribution in [0.3, 0.4) is 0 Å². The lowest BCUT2D eigenvalue weighted by atomic mass is 10.1. The van der Waals surface area contributed by atoms with Crippen molar-refractivity contribution < 1.29 is 13.6 Å². The van der Waals surface area contributed by atoms with E-state index < -0.39 is 17.3 Å². The fourth-order valence-electron chi connectivity index (χ4n) is 2.87. The minimum absolute atomic E-state index is 0.0159. The molecule has 1 aromatic heterocycles. The molecule has 0 spiro atoms. The van der Waals surface area contributed by atoms with Crippen molar-refractivity contribution in [2.45, 2.75) is 25.2 Å². The number of carbonyl (C=O) groups is 1. The molecule has 0 radical (unpaired) electrons. The summed E-state index contributed by atoms with van der Waals surface area (Å²) in [5.41, 5.74) is 2.68. The molecule has 1 aliphatic carbocycles. The van der Waals surface area contributed by atoms with E-state index in [2.05, 4.69) is 10.4 Å². The Morgan fingerprint density at radius 3 is 2.58 bits per heavy atom. The van der Waals surface area contributed by atoms with Crippen molar-refractivity contribution in [3.05, 3.63) is 75.8 Å². The van der Waals surface area contributed by atoms with Crippen LogP contribution in [0.1, 0.15) is 30.1 Å². The summed E-state index contributed by atoms with van der Waals surface area (Å²) in [6, 6.07) is 9.72. The first kappa shape index (κ1) is 16.4. The minimum Gasteiger partial charge on any atom is -0.273 e. The zero-order valence-electron chi connectivity index (χ0n) is 13.7. The molecule has 3 aromatic rings. The number of nitrogens with zero attached hydrogens (tertiary/aromatic N) is 2. The van der Waals surface area contributed by atoms with E-state index in [-0.39, 0.29) is 29.1 Å². The second-order valence-electron chi connectivity index (χ2n) is 6.36. The van der Waals surface area contributed by atoms with Gasteiger partial charge in [0, 0.05) is 5.92 Å². The molecular formula is C19H15F2N3O2. The highest BCUT2D eigenvalue weighted by Crippen LogP contribution is 2.38. The van der Waals surface area contributed by atoms with Gasteiger partial charge >= 0.3 is 0 Å². The molecule has 1 saturated carbocycles. The molecule has 0 aliphatic heterocycles. The summed E-state index contributed by atoms with van der Waals surface area (Å²) in [6.45, 7) is 0. The molecule has 26 heavy (non-hydrogen) atoms. The average Bonchev–Trinajstić information content (AvgIpc) is 3.45. The van der Waals surface area contributed by atoms with Crippen molar-refractivity contribution >= 4 is 16.8 Å². The Bertz CT molecular complexity index is 1060. The molecule has 7 heteroatoms. The molecule has 1 N–H and O–H groups in total. The number of para-hydroxylation sites is 1. The summed E-state index contributed by atoms with van der Waals surface area (Å²) in [5.74, 6) is -0.996. The molecule has 0 saturated heterocycles. The van der Waals surface area contributed by atoms with Crippen molar-refractivity contribution in [2.75, 3.05) is 5.43 Å². The maximum Gasteiger partial charge on any atom is 0.280 e. The second kappa shape index (κ2) is 6.33. The van der Waals surface area contributed by atoms with E-state index in [4.69, 9.17) is 0 Å². The van der Waals surface area contributed by atoms with Crippen molar-refractivity contribution in [3.8, 4) is 0 Å². The Labute approximate surface area is 147 Å². The minimum atomic E-state index is -0.564. The number of halogens is 2. The number of carbonyl (C=O) groups excluding carboxylic acids is 1. The molecule has 2 aromatic carbocycles. The fraction of sp³-hybridized carbons (Fsp3) is 0.211. The quantitative estimate of drug-likeness (QED) is 0.783. The predicted octanol–water partition coefficient (Wildman–Crippen LogP) is 2.86. The highest BCUT2D eigenvalue weighted by Gasteiger charge is 2.30. The largest absolute Gasteiger partial charge is 0.280 e. The number of nitrogens with one attached hydrogen (secondary N) is 1. The molecule has 0 atom stereocenters. The standard InChI is InChI=1S/C19H15F2N3O2/c20-13-8-4-11(5-9-13)10-16(25)23-24-18(12-6-7-12)22-17-14(19(24)26)2-1-3-15(17)21/h1-5,8-9,12H,6-7,10H2,(H,23,25). The third-order valence-electron chi connectivity index (χ3n) is 4.33. The van der Waals surface area contributed by atoms with Gasteiger partial charge < -0.3 is 0 Å². The molecule has 132 valence electrons. The van der Waals surface area contributed by atoms with Gasteiger partial charge in [0.15, 0.2) is 0 Å². The highest BCUT2D eigenvalue weighted by molar-refractivity contribution is 5.86. The summed E-state index contributed by atoms with van der Waals surface area (Å²) in [5, 5.41) is 0.108. The van der Waals surface area contributed by atoms with Crippen molar-refractivity contribution in [1.82, 2.24) is 9.66 Å². The van der Waals surface area contributed by atoms with Crippen molar-refractivity contribution in [1.29, 1.82) is 0 Å². The summed E-state index contributed by atoms with van der Waals surface area (Å²) in [4.78, 5) is 29.4. The molecule has 1 heterocycles. The average molecular weight is 355 g/mol. The summed E-state index contributed by atoms with van der Waals surface area (Å²) in [7, 11) is 0. The van der Waals surface area contributed by atoms with Gasteiger partial charge in [0.2, 0.25) is 5.91 Å². The van der Waals surface area contributed by atoms with Crippen LogP contribution < -0.4 is 11.0 Å². The molecule has 5 nitrogen and oxygen atoms in total. The molecule has 1 fully saturated rings. The Kier molecular flexibility index (Phi) is 3.99. The monoisotopic (exact) mass is 355 g/mol. The number of hydrogen-bond donors (Lipinski definition) is 1. The maximum absolute atomic E-state index is 14.0. The molecule has 0 bridgehead atoms. The first-order chi connectivity index (χ1) is 12.5. The Morgan fingerprint density at radius 1 is 1.15 bits per heavy atom. The van der Waals surface area contributed by atoms with Crippen LogP contribution in [0.25, 0.3) is 10.9 Å².